The summed E-state index contributed by atoms with van der Waals surface area (Å²) in [6.07, 6.45) is 6.01. The maximum Gasteiger partial charge on any atom is 0.255 e. The average molecular weight is 306 g/mol. The first kappa shape index (κ1) is 14.1. The molecule has 1 saturated carbocycles. The van der Waals surface area contributed by atoms with Crippen molar-refractivity contribution in [3.8, 4) is 0 Å². The van der Waals surface area contributed by atoms with Crippen molar-refractivity contribution in [1.29, 1.82) is 0 Å². The van der Waals surface area contributed by atoms with Crippen LogP contribution in [0.3, 0.4) is 0 Å². The van der Waals surface area contributed by atoms with Crippen molar-refractivity contribution < 1.29 is 14.1 Å². The Balaban J connectivity index is 1.25. The van der Waals surface area contributed by atoms with Gasteiger partial charge in [-0.15, -0.1) is 0 Å². The number of hydrogen-bond acceptors (Lipinski definition) is 6. The molecular formula is C15H22N4O3. The Morgan fingerprint density at radius 1 is 1.27 bits per heavy atom. The molecule has 3 atom stereocenters. The van der Waals surface area contributed by atoms with Crippen molar-refractivity contribution in [3.63, 3.8) is 0 Å². The van der Waals surface area contributed by atoms with Gasteiger partial charge in [-0.05, 0) is 45.1 Å². The predicted molar refractivity (Wildman–Crippen MR) is 77.2 cm³/mol. The largest absolute Gasteiger partial charge is 0.363 e. The van der Waals surface area contributed by atoms with E-state index in [1.165, 1.54) is 0 Å². The molecule has 2 saturated heterocycles. The number of rotatable bonds is 5. The number of carbonyl (C=O) groups excluding carboxylic acids is 1. The van der Waals surface area contributed by atoms with Crippen LogP contribution in [0.25, 0.3) is 0 Å². The zero-order valence-corrected chi connectivity index (χ0v) is 12.6. The molecule has 0 radical (unpaired) electrons. The molecule has 1 aromatic heterocycles. The summed E-state index contributed by atoms with van der Waals surface area (Å²) in [6.45, 7) is 1.48. The molecule has 1 amide bonds. The topological polar surface area (TPSA) is 89.3 Å². The highest BCUT2D eigenvalue weighted by atomic mass is 16.5. The molecule has 7 nitrogen and oxygen atoms in total. The maximum atomic E-state index is 12.0. The van der Waals surface area contributed by atoms with Crippen LogP contribution < -0.4 is 10.6 Å². The van der Waals surface area contributed by atoms with Gasteiger partial charge in [-0.3, -0.25) is 4.79 Å². The van der Waals surface area contributed by atoms with Crippen molar-refractivity contribution in [2.24, 2.45) is 0 Å². The Bertz CT molecular complexity index is 537. The highest BCUT2D eigenvalue weighted by Crippen LogP contribution is 2.39. The van der Waals surface area contributed by atoms with Crippen molar-refractivity contribution in [1.82, 2.24) is 20.8 Å². The van der Waals surface area contributed by atoms with Crippen LogP contribution in [0, 0.1) is 0 Å². The Labute approximate surface area is 129 Å². The molecule has 1 aromatic rings. The average Bonchev–Trinajstić information content (AvgIpc) is 3.02. The lowest BCUT2D eigenvalue weighted by atomic mass is 10.2. The van der Waals surface area contributed by atoms with Gasteiger partial charge in [-0.2, -0.15) is 4.98 Å². The van der Waals surface area contributed by atoms with Crippen LogP contribution in [0.4, 0.5) is 0 Å². The van der Waals surface area contributed by atoms with Gasteiger partial charge in [0.25, 0.3) is 5.89 Å². The van der Waals surface area contributed by atoms with Crippen LogP contribution in [0.5, 0.6) is 0 Å². The lowest BCUT2D eigenvalue weighted by Gasteiger charge is -2.15. The van der Waals surface area contributed by atoms with Gasteiger partial charge in [-0.25, -0.2) is 0 Å². The fourth-order valence-corrected chi connectivity index (χ4v) is 3.17. The SMILES string of the molecule is O=C(NC[C@@H]1CC[C@H](c2nc(C3CC3)no2)O1)[C@@H]1CCCN1. The van der Waals surface area contributed by atoms with Gasteiger partial charge >= 0.3 is 0 Å². The van der Waals surface area contributed by atoms with Gasteiger partial charge in [0.15, 0.2) is 5.82 Å². The second-order valence-corrected chi connectivity index (χ2v) is 6.48. The molecule has 4 rings (SSSR count). The Hall–Kier alpha value is -1.47. The van der Waals surface area contributed by atoms with E-state index in [0.29, 0.717) is 18.4 Å². The fourth-order valence-electron chi connectivity index (χ4n) is 3.17. The molecule has 7 heteroatoms. The van der Waals surface area contributed by atoms with Crippen LogP contribution in [0.15, 0.2) is 4.52 Å². The summed E-state index contributed by atoms with van der Waals surface area (Å²) in [6, 6.07) is -0.0331. The standard InChI is InChI=1S/C15H22N4O3/c20-14(11-2-1-7-16-11)17-8-10-5-6-12(21-10)15-18-13(19-22-15)9-3-4-9/h9-12,16H,1-8H2,(H,17,20)/t10-,11-,12+/m0/s1. The van der Waals surface area contributed by atoms with Crippen molar-refractivity contribution in [2.45, 2.75) is 62.7 Å². The minimum atomic E-state index is -0.119. The van der Waals surface area contributed by atoms with Crippen LogP contribution >= 0.6 is 0 Å². The number of aromatic nitrogens is 2. The monoisotopic (exact) mass is 306 g/mol. The fraction of sp³-hybridized carbons (Fsp3) is 0.800. The third-order valence-electron chi connectivity index (χ3n) is 4.66. The second kappa shape index (κ2) is 5.96. The van der Waals surface area contributed by atoms with E-state index in [2.05, 4.69) is 20.8 Å². The second-order valence-electron chi connectivity index (χ2n) is 6.48. The van der Waals surface area contributed by atoms with Crippen molar-refractivity contribution in [2.75, 3.05) is 13.1 Å². The van der Waals surface area contributed by atoms with E-state index < -0.39 is 0 Å². The lowest BCUT2D eigenvalue weighted by molar-refractivity contribution is -0.123. The summed E-state index contributed by atoms with van der Waals surface area (Å²) in [5.74, 6) is 1.99. The zero-order valence-electron chi connectivity index (χ0n) is 12.6. The molecule has 3 heterocycles. The zero-order chi connectivity index (χ0) is 14.9. The molecule has 0 aromatic carbocycles. The normalized spacial score (nSPS) is 31.5. The number of hydrogen-bond donors (Lipinski definition) is 2. The van der Waals surface area contributed by atoms with Crippen molar-refractivity contribution >= 4 is 5.91 Å². The summed E-state index contributed by atoms with van der Waals surface area (Å²) in [4.78, 5) is 16.4. The molecule has 120 valence electrons. The van der Waals surface area contributed by atoms with E-state index in [4.69, 9.17) is 9.26 Å². The van der Waals surface area contributed by atoms with E-state index in [0.717, 1.165) is 50.9 Å². The van der Waals surface area contributed by atoms with Gasteiger partial charge in [0, 0.05) is 12.5 Å². The van der Waals surface area contributed by atoms with Gasteiger partial charge in [0.05, 0.1) is 12.1 Å². The molecule has 2 N–H and O–H groups in total. The smallest absolute Gasteiger partial charge is 0.255 e. The van der Waals surface area contributed by atoms with E-state index in [1.807, 2.05) is 0 Å². The molecule has 1 aliphatic carbocycles. The third-order valence-corrected chi connectivity index (χ3v) is 4.66. The number of amides is 1. The Morgan fingerprint density at radius 2 is 2.18 bits per heavy atom. The molecule has 22 heavy (non-hydrogen) atoms. The number of carbonyl (C=O) groups is 1. The number of nitrogens with one attached hydrogen (secondary N) is 2. The van der Waals surface area contributed by atoms with Gasteiger partial charge in [-0.1, -0.05) is 5.16 Å². The first-order valence-electron chi connectivity index (χ1n) is 8.29. The minimum absolute atomic E-state index is 0.0331. The van der Waals surface area contributed by atoms with Gasteiger partial charge < -0.3 is 19.9 Å². The van der Waals surface area contributed by atoms with Gasteiger partial charge in [0.2, 0.25) is 5.91 Å². The number of nitrogens with zero attached hydrogens (tertiary/aromatic N) is 2. The Morgan fingerprint density at radius 3 is 2.95 bits per heavy atom. The molecule has 2 aliphatic heterocycles. The molecule has 3 fully saturated rings. The van der Waals surface area contributed by atoms with Crippen molar-refractivity contribution in [3.05, 3.63) is 11.7 Å². The minimum Gasteiger partial charge on any atom is -0.363 e. The highest BCUT2D eigenvalue weighted by molar-refractivity contribution is 5.82. The maximum absolute atomic E-state index is 12.0. The Kier molecular flexibility index (Phi) is 3.83. The molecule has 0 bridgehead atoms. The molecule has 3 aliphatic rings. The van der Waals surface area contributed by atoms with E-state index in [9.17, 15) is 4.79 Å². The third kappa shape index (κ3) is 3.01. The first-order chi connectivity index (χ1) is 10.8. The quantitative estimate of drug-likeness (QED) is 0.845. The van der Waals surface area contributed by atoms with E-state index in [1.54, 1.807) is 0 Å². The first-order valence-corrected chi connectivity index (χ1v) is 8.29. The summed E-state index contributed by atoms with van der Waals surface area (Å²) in [5, 5.41) is 10.2. The number of ether oxygens (including phenoxy) is 1. The van der Waals surface area contributed by atoms with E-state index in [-0.39, 0.29) is 24.2 Å². The summed E-state index contributed by atoms with van der Waals surface area (Å²) >= 11 is 0. The summed E-state index contributed by atoms with van der Waals surface area (Å²) in [7, 11) is 0. The predicted octanol–water partition coefficient (Wildman–Crippen LogP) is 1.04. The summed E-state index contributed by atoms with van der Waals surface area (Å²) in [5.41, 5.74) is 0. The molecule has 0 unspecified atom stereocenters. The highest BCUT2D eigenvalue weighted by Gasteiger charge is 2.34. The van der Waals surface area contributed by atoms with Gasteiger partial charge in [0.1, 0.15) is 6.10 Å². The molecular weight excluding hydrogens is 284 g/mol. The molecule has 0 spiro atoms. The van der Waals surface area contributed by atoms with Crippen LogP contribution in [-0.4, -0.2) is 41.3 Å². The van der Waals surface area contributed by atoms with E-state index >= 15 is 0 Å². The van der Waals surface area contributed by atoms with Crippen LogP contribution in [0.2, 0.25) is 0 Å². The lowest BCUT2D eigenvalue weighted by Crippen LogP contribution is -2.43. The summed E-state index contributed by atoms with van der Waals surface area (Å²) < 4.78 is 11.3. The van der Waals surface area contributed by atoms with Crippen LogP contribution in [-0.2, 0) is 9.53 Å². The van der Waals surface area contributed by atoms with Crippen LogP contribution in [0.1, 0.15) is 62.3 Å².